The van der Waals surface area contributed by atoms with Crippen LogP contribution in [0.2, 0.25) is 0 Å². The van der Waals surface area contributed by atoms with Crippen molar-refractivity contribution in [3.8, 4) is 11.3 Å². The average Bonchev–Trinajstić information content (AvgIpc) is 2.31. The molecule has 88 valence electrons. The van der Waals surface area contributed by atoms with E-state index in [1.165, 1.54) is 16.7 Å². The lowest BCUT2D eigenvalue weighted by Gasteiger charge is -2.08. The molecule has 0 aliphatic rings. The molecule has 0 N–H and O–H groups in total. The zero-order valence-corrected chi connectivity index (χ0v) is 11.3. The molecule has 0 aliphatic heterocycles. The Kier molecular flexibility index (Phi) is 3.48. The van der Waals surface area contributed by atoms with Gasteiger partial charge in [-0.3, -0.25) is 0 Å². The van der Waals surface area contributed by atoms with Crippen molar-refractivity contribution in [3.63, 3.8) is 0 Å². The maximum atomic E-state index is 4.54. The number of aromatic nitrogens is 2. The molecule has 0 amide bonds. The predicted octanol–water partition coefficient (Wildman–Crippen LogP) is 3.50. The van der Waals surface area contributed by atoms with E-state index in [4.69, 9.17) is 0 Å². The maximum Gasteiger partial charge on any atom is 0.138 e. The second kappa shape index (κ2) is 4.88. The van der Waals surface area contributed by atoms with Crippen LogP contribution in [0.5, 0.6) is 0 Å². The van der Waals surface area contributed by atoms with Crippen molar-refractivity contribution in [2.75, 3.05) is 0 Å². The summed E-state index contributed by atoms with van der Waals surface area (Å²) in [6.07, 6.45) is 0. The minimum absolute atomic E-state index is 0.569. The highest BCUT2D eigenvalue weighted by Gasteiger charge is 2.06. The summed E-state index contributed by atoms with van der Waals surface area (Å²) in [5.41, 5.74) is 5.63. The van der Waals surface area contributed by atoms with Gasteiger partial charge in [-0.2, -0.15) is 12.6 Å². The molecule has 2 nitrogen and oxygen atoms in total. The minimum atomic E-state index is 0.569. The van der Waals surface area contributed by atoms with Crippen LogP contribution in [0.15, 0.2) is 24.3 Å². The second-order valence-electron chi connectivity index (χ2n) is 4.29. The maximum absolute atomic E-state index is 4.54. The Morgan fingerprint density at radius 3 is 2.53 bits per heavy atom. The molecule has 0 bridgehead atoms. The molecule has 0 saturated heterocycles. The first-order valence-corrected chi connectivity index (χ1v) is 6.26. The van der Waals surface area contributed by atoms with E-state index in [1.54, 1.807) is 0 Å². The Labute approximate surface area is 108 Å². The number of thiol groups is 1. The minimum Gasteiger partial charge on any atom is -0.237 e. The van der Waals surface area contributed by atoms with E-state index in [1.807, 2.05) is 13.0 Å². The number of aryl methyl sites for hydroxylation is 3. The number of benzene rings is 1. The molecule has 17 heavy (non-hydrogen) atoms. The summed E-state index contributed by atoms with van der Waals surface area (Å²) < 4.78 is 0. The Morgan fingerprint density at radius 1 is 1.06 bits per heavy atom. The van der Waals surface area contributed by atoms with Crippen molar-refractivity contribution >= 4 is 12.6 Å². The Bertz CT molecular complexity index is 550. The summed E-state index contributed by atoms with van der Waals surface area (Å²) in [5.74, 6) is 1.35. The first-order valence-electron chi connectivity index (χ1n) is 5.63. The van der Waals surface area contributed by atoms with E-state index in [9.17, 15) is 0 Å². The quantitative estimate of drug-likeness (QED) is 0.818. The highest BCUT2D eigenvalue weighted by Crippen LogP contribution is 2.23. The van der Waals surface area contributed by atoms with Crippen LogP contribution in [0.25, 0.3) is 11.3 Å². The highest BCUT2D eigenvalue weighted by atomic mass is 32.1. The van der Waals surface area contributed by atoms with Gasteiger partial charge in [-0.15, -0.1) is 0 Å². The van der Waals surface area contributed by atoms with Crippen molar-refractivity contribution < 1.29 is 0 Å². The fourth-order valence-corrected chi connectivity index (χ4v) is 1.99. The lowest BCUT2D eigenvalue weighted by atomic mass is 10.0. The van der Waals surface area contributed by atoms with Crippen molar-refractivity contribution in [1.82, 2.24) is 9.97 Å². The van der Waals surface area contributed by atoms with E-state index in [0.717, 1.165) is 17.2 Å². The number of rotatable bonds is 2. The van der Waals surface area contributed by atoms with Crippen molar-refractivity contribution in [1.29, 1.82) is 0 Å². The molecular formula is C14H16N2S. The third-order valence-electron chi connectivity index (χ3n) is 2.71. The topological polar surface area (TPSA) is 25.8 Å². The number of hydrogen-bond acceptors (Lipinski definition) is 3. The smallest absolute Gasteiger partial charge is 0.138 e. The summed E-state index contributed by atoms with van der Waals surface area (Å²) in [6.45, 7) is 6.19. The van der Waals surface area contributed by atoms with Crippen LogP contribution in [0.1, 0.15) is 22.6 Å². The third kappa shape index (κ3) is 2.67. The third-order valence-corrected chi connectivity index (χ3v) is 2.99. The molecule has 1 aromatic heterocycles. The van der Waals surface area contributed by atoms with Gasteiger partial charge in [-0.05, 0) is 38.5 Å². The Hall–Kier alpha value is -1.35. The molecule has 1 heterocycles. The second-order valence-corrected chi connectivity index (χ2v) is 4.60. The van der Waals surface area contributed by atoms with E-state index in [-0.39, 0.29) is 0 Å². The van der Waals surface area contributed by atoms with Gasteiger partial charge in [0.25, 0.3) is 0 Å². The monoisotopic (exact) mass is 244 g/mol. The van der Waals surface area contributed by atoms with E-state index < -0.39 is 0 Å². The molecular weight excluding hydrogens is 228 g/mol. The average molecular weight is 244 g/mol. The fraction of sp³-hybridized carbons (Fsp3) is 0.286. The number of hydrogen-bond donors (Lipinski definition) is 1. The van der Waals surface area contributed by atoms with Crippen molar-refractivity contribution in [2.24, 2.45) is 0 Å². The number of nitrogens with zero attached hydrogens (tertiary/aromatic N) is 2. The van der Waals surface area contributed by atoms with Gasteiger partial charge >= 0.3 is 0 Å². The van der Waals surface area contributed by atoms with Crippen LogP contribution in [-0.2, 0) is 5.75 Å². The van der Waals surface area contributed by atoms with Gasteiger partial charge in [0, 0.05) is 11.3 Å². The van der Waals surface area contributed by atoms with E-state index >= 15 is 0 Å². The molecule has 0 aliphatic carbocycles. The van der Waals surface area contributed by atoms with Gasteiger partial charge in [-0.25, -0.2) is 9.97 Å². The van der Waals surface area contributed by atoms with Crippen LogP contribution < -0.4 is 0 Å². The zero-order chi connectivity index (χ0) is 12.4. The summed E-state index contributed by atoms with van der Waals surface area (Å²) in [4.78, 5) is 8.88. The van der Waals surface area contributed by atoms with Crippen molar-refractivity contribution in [2.45, 2.75) is 26.5 Å². The SMILES string of the molecule is Cc1ccc(C)c(-c2cc(C)nc(CS)n2)c1. The van der Waals surface area contributed by atoms with Crippen molar-refractivity contribution in [3.05, 3.63) is 46.9 Å². The molecule has 2 aromatic rings. The molecule has 2 rings (SSSR count). The lowest BCUT2D eigenvalue weighted by molar-refractivity contribution is 1.00. The summed E-state index contributed by atoms with van der Waals surface area (Å²) in [7, 11) is 0. The predicted molar refractivity (Wildman–Crippen MR) is 74.4 cm³/mol. The summed E-state index contributed by atoms with van der Waals surface area (Å²) in [6, 6.07) is 8.43. The van der Waals surface area contributed by atoms with Gasteiger partial charge in [-0.1, -0.05) is 17.7 Å². The Morgan fingerprint density at radius 2 is 1.82 bits per heavy atom. The largest absolute Gasteiger partial charge is 0.237 e. The molecule has 0 saturated carbocycles. The lowest BCUT2D eigenvalue weighted by Crippen LogP contribution is -1.97. The van der Waals surface area contributed by atoms with Crippen LogP contribution in [0.3, 0.4) is 0 Å². The van der Waals surface area contributed by atoms with Crippen LogP contribution in [0, 0.1) is 20.8 Å². The molecule has 3 heteroatoms. The highest BCUT2D eigenvalue weighted by molar-refractivity contribution is 7.79. The van der Waals surface area contributed by atoms with E-state index in [0.29, 0.717) is 5.75 Å². The molecule has 1 aromatic carbocycles. The van der Waals surface area contributed by atoms with E-state index in [2.05, 4.69) is 54.6 Å². The van der Waals surface area contributed by atoms with Gasteiger partial charge in [0.2, 0.25) is 0 Å². The first kappa shape index (κ1) is 12.1. The first-order chi connectivity index (χ1) is 8.10. The Balaban J connectivity index is 2.59. The zero-order valence-electron chi connectivity index (χ0n) is 10.4. The normalized spacial score (nSPS) is 10.6. The molecule has 0 radical (unpaired) electrons. The van der Waals surface area contributed by atoms with Gasteiger partial charge < -0.3 is 0 Å². The molecule has 0 spiro atoms. The molecule has 0 atom stereocenters. The standard InChI is InChI=1S/C14H16N2S/c1-9-4-5-10(2)12(6-9)13-7-11(3)15-14(8-17)16-13/h4-7,17H,8H2,1-3H3. The van der Waals surface area contributed by atoms with Gasteiger partial charge in [0.05, 0.1) is 11.4 Å². The molecule has 0 unspecified atom stereocenters. The van der Waals surface area contributed by atoms with Crippen LogP contribution in [-0.4, -0.2) is 9.97 Å². The summed E-state index contributed by atoms with van der Waals surface area (Å²) in [5, 5.41) is 0. The van der Waals surface area contributed by atoms with Gasteiger partial charge in [0.1, 0.15) is 5.82 Å². The van der Waals surface area contributed by atoms with Gasteiger partial charge in [0.15, 0.2) is 0 Å². The van der Waals surface area contributed by atoms with Crippen LogP contribution >= 0.6 is 12.6 Å². The fourth-order valence-electron chi connectivity index (χ4n) is 1.85. The summed E-state index contributed by atoms with van der Waals surface area (Å²) >= 11 is 4.24. The van der Waals surface area contributed by atoms with Crippen LogP contribution in [0.4, 0.5) is 0 Å². The molecule has 0 fully saturated rings.